The van der Waals surface area contributed by atoms with E-state index >= 15 is 0 Å². The van der Waals surface area contributed by atoms with E-state index in [4.69, 9.17) is 0 Å². The first-order valence-corrected chi connectivity index (χ1v) is 6.34. The van der Waals surface area contributed by atoms with E-state index in [-0.39, 0.29) is 5.54 Å². The average molecular weight is 246 g/mol. The Hall–Kier alpha value is -1.32. The Bertz CT molecular complexity index is 535. The van der Waals surface area contributed by atoms with E-state index in [1.54, 1.807) is 0 Å². The zero-order chi connectivity index (χ0) is 13.4. The second kappa shape index (κ2) is 4.41. The summed E-state index contributed by atoms with van der Waals surface area (Å²) < 4.78 is 0. The molecule has 3 N–H and O–H groups in total. The largest absolute Gasteiger partial charge is 0.389 e. The van der Waals surface area contributed by atoms with Crippen LogP contribution in [-0.2, 0) is 6.54 Å². The maximum absolute atomic E-state index is 10.1. The van der Waals surface area contributed by atoms with Crippen LogP contribution in [0.15, 0.2) is 30.5 Å². The van der Waals surface area contributed by atoms with Gasteiger partial charge in [0, 0.05) is 29.2 Å². The van der Waals surface area contributed by atoms with Gasteiger partial charge in [0.1, 0.15) is 0 Å². The Labute approximate surface area is 108 Å². The van der Waals surface area contributed by atoms with Gasteiger partial charge in [-0.1, -0.05) is 18.2 Å². The third-order valence-electron chi connectivity index (χ3n) is 3.93. The minimum atomic E-state index is -0.765. The van der Waals surface area contributed by atoms with E-state index in [0.717, 1.165) is 12.1 Å². The van der Waals surface area contributed by atoms with E-state index in [0.29, 0.717) is 0 Å². The Kier molecular flexibility index (Phi) is 3.21. The number of benzene rings is 1. The normalized spacial score (nSPS) is 13.2. The number of H-pyrrole nitrogens is 1. The second-order valence-corrected chi connectivity index (χ2v) is 5.90. The number of hydrogen-bond acceptors (Lipinski definition) is 2. The zero-order valence-electron chi connectivity index (χ0n) is 11.5. The molecule has 0 unspecified atom stereocenters. The lowest BCUT2D eigenvalue weighted by molar-refractivity contribution is -0.00527. The highest BCUT2D eigenvalue weighted by Crippen LogP contribution is 2.23. The number of aromatic amines is 1. The highest BCUT2D eigenvalue weighted by molar-refractivity contribution is 5.82. The summed E-state index contributed by atoms with van der Waals surface area (Å²) >= 11 is 0. The molecule has 1 aromatic heterocycles. The third kappa shape index (κ3) is 2.42. The quantitative estimate of drug-likeness (QED) is 0.777. The van der Waals surface area contributed by atoms with Crippen molar-refractivity contribution in [2.45, 2.75) is 45.4 Å². The molecule has 2 rings (SSSR count). The molecule has 1 aromatic carbocycles. The molecule has 0 aliphatic carbocycles. The highest BCUT2D eigenvalue weighted by atomic mass is 16.3. The minimum Gasteiger partial charge on any atom is -0.389 e. The van der Waals surface area contributed by atoms with Crippen LogP contribution in [-0.4, -0.2) is 21.2 Å². The Balaban J connectivity index is 2.16. The fraction of sp³-hybridized carbons (Fsp3) is 0.467. The predicted octanol–water partition coefficient (Wildman–Crippen LogP) is 2.81. The van der Waals surface area contributed by atoms with Crippen molar-refractivity contribution in [3.8, 4) is 0 Å². The summed E-state index contributed by atoms with van der Waals surface area (Å²) in [6.07, 6.45) is 2.03. The summed E-state index contributed by atoms with van der Waals surface area (Å²) in [6.45, 7) is 8.43. The van der Waals surface area contributed by atoms with E-state index in [9.17, 15) is 5.11 Å². The molecule has 98 valence electrons. The number of hydrogen-bond donors (Lipinski definition) is 3. The number of para-hydroxylation sites is 1. The van der Waals surface area contributed by atoms with E-state index < -0.39 is 5.60 Å². The van der Waals surface area contributed by atoms with Crippen LogP contribution in [0.25, 0.3) is 10.9 Å². The molecule has 3 heteroatoms. The monoisotopic (exact) mass is 246 g/mol. The van der Waals surface area contributed by atoms with E-state index in [2.05, 4.69) is 22.4 Å². The second-order valence-electron chi connectivity index (χ2n) is 5.90. The lowest BCUT2D eigenvalue weighted by Gasteiger charge is -2.38. The van der Waals surface area contributed by atoms with Gasteiger partial charge in [0.05, 0.1) is 5.60 Å². The molecule has 18 heavy (non-hydrogen) atoms. The molecule has 2 aromatic rings. The first-order chi connectivity index (χ1) is 8.31. The lowest BCUT2D eigenvalue weighted by atomic mass is 9.86. The van der Waals surface area contributed by atoms with Gasteiger partial charge in [-0.15, -0.1) is 0 Å². The van der Waals surface area contributed by atoms with Crippen molar-refractivity contribution in [3.63, 3.8) is 0 Å². The maximum atomic E-state index is 10.1. The molecule has 0 aliphatic rings. The van der Waals surface area contributed by atoms with Gasteiger partial charge in [-0.05, 0) is 39.3 Å². The first-order valence-electron chi connectivity index (χ1n) is 6.34. The van der Waals surface area contributed by atoms with Crippen LogP contribution >= 0.6 is 0 Å². The first kappa shape index (κ1) is 13.1. The van der Waals surface area contributed by atoms with Crippen molar-refractivity contribution in [2.24, 2.45) is 0 Å². The van der Waals surface area contributed by atoms with Crippen molar-refractivity contribution in [2.75, 3.05) is 0 Å². The molecule has 0 saturated carbocycles. The van der Waals surface area contributed by atoms with Crippen molar-refractivity contribution >= 4 is 10.9 Å². The molecule has 0 spiro atoms. The summed E-state index contributed by atoms with van der Waals surface area (Å²) in [5, 5.41) is 14.8. The van der Waals surface area contributed by atoms with Crippen molar-refractivity contribution in [1.82, 2.24) is 10.3 Å². The van der Waals surface area contributed by atoms with Gasteiger partial charge in [-0.3, -0.25) is 0 Å². The molecule has 0 amide bonds. The molecule has 0 radical (unpaired) electrons. The van der Waals surface area contributed by atoms with Crippen LogP contribution in [0.3, 0.4) is 0 Å². The van der Waals surface area contributed by atoms with Crippen LogP contribution < -0.4 is 5.32 Å². The number of fused-ring (bicyclic) bond motifs is 1. The van der Waals surface area contributed by atoms with Crippen LogP contribution in [0, 0.1) is 0 Å². The molecule has 0 bridgehead atoms. The van der Waals surface area contributed by atoms with Crippen LogP contribution in [0.4, 0.5) is 0 Å². The van der Waals surface area contributed by atoms with Crippen LogP contribution in [0.5, 0.6) is 0 Å². The molecule has 0 fully saturated rings. The maximum Gasteiger partial charge on any atom is 0.0767 e. The van der Waals surface area contributed by atoms with Crippen molar-refractivity contribution < 1.29 is 5.11 Å². The highest BCUT2D eigenvalue weighted by Gasteiger charge is 2.34. The molecular formula is C15H22N2O. The summed E-state index contributed by atoms with van der Waals surface area (Å²) in [6, 6.07) is 8.25. The van der Waals surface area contributed by atoms with Gasteiger partial charge < -0.3 is 15.4 Å². The molecule has 0 atom stereocenters. The smallest absolute Gasteiger partial charge is 0.0767 e. The fourth-order valence-corrected chi connectivity index (χ4v) is 1.81. The van der Waals surface area contributed by atoms with Gasteiger partial charge in [-0.2, -0.15) is 0 Å². The molecule has 3 nitrogen and oxygen atoms in total. The molecule has 0 saturated heterocycles. The Morgan fingerprint density at radius 3 is 2.50 bits per heavy atom. The molecule has 1 heterocycles. The standard InChI is InChI=1S/C15H22N2O/c1-14(2,15(3,4)18)17-10-11-9-16-13-8-6-5-7-12(11)13/h5-9,16-18H,10H2,1-4H3. The van der Waals surface area contributed by atoms with Crippen molar-refractivity contribution in [1.29, 1.82) is 0 Å². The van der Waals surface area contributed by atoms with E-state index in [1.807, 2.05) is 46.0 Å². The summed E-state index contributed by atoms with van der Waals surface area (Å²) in [4.78, 5) is 3.26. The minimum absolute atomic E-state index is 0.342. The van der Waals surface area contributed by atoms with Gasteiger partial charge in [0.2, 0.25) is 0 Å². The number of aliphatic hydroxyl groups is 1. The van der Waals surface area contributed by atoms with E-state index in [1.165, 1.54) is 10.9 Å². The average Bonchev–Trinajstić information content (AvgIpc) is 2.68. The number of aromatic nitrogens is 1. The third-order valence-corrected chi connectivity index (χ3v) is 3.93. The van der Waals surface area contributed by atoms with Gasteiger partial charge in [0.25, 0.3) is 0 Å². The van der Waals surface area contributed by atoms with Crippen LogP contribution in [0.1, 0.15) is 33.3 Å². The number of rotatable bonds is 4. The van der Waals surface area contributed by atoms with Gasteiger partial charge in [0.15, 0.2) is 0 Å². The number of nitrogens with one attached hydrogen (secondary N) is 2. The topological polar surface area (TPSA) is 48.0 Å². The zero-order valence-corrected chi connectivity index (χ0v) is 11.5. The van der Waals surface area contributed by atoms with Gasteiger partial charge >= 0.3 is 0 Å². The van der Waals surface area contributed by atoms with Crippen molar-refractivity contribution in [3.05, 3.63) is 36.0 Å². The molecule has 0 aliphatic heterocycles. The molecular weight excluding hydrogens is 224 g/mol. The summed E-state index contributed by atoms with van der Waals surface area (Å²) in [5.41, 5.74) is 1.27. The van der Waals surface area contributed by atoms with Crippen LogP contribution in [0.2, 0.25) is 0 Å². The summed E-state index contributed by atoms with van der Waals surface area (Å²) in [5.74, 6) is 0. The summed E-state index contributed by atoms with van der Waals surface area (Å²) in [7, 11) is 0. The Morgan fingerprint density at radius 1 is 1.17 bits per heavy atom. The lowest BCUT2D eigenvalue weighted by Crippen LogP contribution is -2.55. The van der Waals surface area contributed by atoms with Gasteiger partial charge in [-0.25, -0.2) is 0 Å². The Morgan fingerprint density at radius 2 is 1.83 bits per heavy atom. The predicted molar refractivity (Wildman–Crippen MR) is 75.5 cm³/mol. The fourth-order valence-electron chi connectivity index (χ4n) is 1.81. The SMILES string of the molecule is CC(C)(O)C(C)(C)NCc1c[nH]c2ccccc12.